The molecule has 1 heterocycles. The molecule has 68 valence electrons. The minimum Gasteiger partial charge on any atom is -0.293 e. The molecule has 1 aromatic rings. The number of anilines is 1. The Morgan fingerprint density at radius 1 is 1.85 bits per heavy atom. The second kappa shape index (κ2) is 4.21. The molecule has 0 aliphatic carbocycles. The van der Waals surface area contributed by atoms with Crippen molar-refractivity contribution in [2.24, 2.45) is 5.92 Å². The molecule has 0 fully saturated rings. The first kappa shape index (κ1) is 9.19. The van der Waals surface area contributed by atoms with Crippen LogP contribution in [0.5, 0.6) is 0 Å². The number of aromatic amines is 1. The van der Waals surface area contributed by atoms with Crippen LogP contribution in [0.3, 0.4) is 0 Å². The third-order valence-corrected chi connectivity index (χ3v) is 1.46. The zero-order chi connectivity index (χ0) is 9.68. The van der Waals surface area contributed by atoms with Crippen LogP contribution in [-0.2, 0) is 4.79 Å². The van der Waals surface area contributed by atoms with E-state index in [9.17, 15) is 4.79 Å². The van der Waals surface area contributed by atoms with Crippen molar-refractivity contribution in [3.63, 3.8) is 0 Å². The average molecular weight is 179 g/mol. The van der Waals surface area contributed by atoms with E-state index in [1.165, 1.54) is 0 Å². The number of H-pyrrole nitrogens is 1. The van der Waals surface area contributed by atoms with E-state index in [-0.39, 0.29) is 17.8 Å². The third-order valence-electron chi connectivity index (χ3n) is 1.46. The molecular formula is C7H9N5O. The SMILES string of the molecule is C#CCC(C)C(=O)Nc1nnn[nH]1. The van der Waals surface area contributed by atoms with Crippen LogP contribution in [0, 0.1) is 18.3 Å². The highest BCUT2D eigenvalue weighted by Gasteiger charge is 2.12. The van der Waals surface area contributed by atoms with Gasteiger partial charge in [0, 0.05) is 12.3 Å². The molecule has 0 saturated heterocycles. The van der Waals surface area contributed by atoms with E-state index in [1.54, 1.807) is 6.92 Å². The molecule has 1 unspecified atom stereocenters. The van der Waals surface area contributed by atoms with Crippen molar-refractivity contribution in [2.75, 3.05) is 5.32 Å². The summed E-state index contributed by atoms with van der Waals surface area (Å²) in [5.41, 5.74) is 0. The third kappa shape index (κ3) is 2.56. The summed E-state index contributed by atoms with van der Waals surface area (Å²) in [6.45, 7) is 1.74. The van der Waals surface area contributed by atoms with Gasteiger partial charge in [-0.1, -0.05) is 12.0 Å². The number of terminal acetylenes is 1. The van der Waals surface area contributed by atoms with Crippen molar-refractivity contribution in [2.45, 2.75) is 13.3 Å². The number of rotatable bonds is 3. The topological polar surface area (TPSA) is 83.6 Å². The molecule has 2 N–H and O–H groups in total. The number of amides is 1. The molecule has 0 saturated carbocycles. The highest BCUT2D eigenvalue weighted by atomic mass is 16.2. The Morgan fingerprint density at radius 3 is 3.15 bits per heavy atom. The van der Waals surface area contributed by atoms with Gasteiger partial charge in [-0.2, -0.15) is 0 Å². The van der Waals surface area contributed by atoms with Crippen molar-refractivity contribution in [3.8, 4) is 12.3 Å². The van der Waals surface area contributed by atoms with Crippen LogP contribution in [-0.4, -0.2) is 26.5 Å². The lowest BCUT2D eigenvalue weighted by atomic mass is 10.1. The maximum atomic E-state index is 11.3. The molecule has 1 aromatic heterocycles. The monoisotopic (exact) mass is 179 g/mol. The number of carbonyl (C=O) groups excluding carboxylic acids is 1. The lowest BCUT2D eigenvalue weighted by Crippen LogP contribution is -2.20. The maximum absolute atomic E-state index is 11.3. The molecular weight excluding hydrogens is 170 g/mol. The average Bonchev–Trinajstić information content (AvgIpc) is 2.57. The predicted octanol–water partition coefficient (Wildman–Crippen LogP) is -0.202. The first-order valence-corrected chi connectivity index (χ1v) is 3.72. The first-order chi connectivity index (χ1) is 6.24. The maximum Gasteiger partial charge on any atom is 0.246 e. The Bertz CT molecular complexity index is 312. The molecule has 0 spiro atoms. The summed E-state index contributed by atoms with van der Waals surface area (Å²) in [6, 6.07) is 0. The summed E-state index contributed by atoms with van der Waals surface area (Å²) in [5.74, 6) is 2.20. The number of nitrogens with zero attached hydrogens (tertiary/aromatic N) is 3. The lowest BCUT2D eigenvalue weighted by molar-refractivity contribution is -0.119. The van der Waals surface area contributed by atoms with E-state index in [0.29, 0.717) is 6.42 Å². The second-order valence-corrected chi connectivity index (χ2v) is 2.55. The van der Waals surface area contributed by atoms with Crippen molar-refractivity contribution in [1.29, 1.82) is 0 Å². The fraction of sp³-hybridized carbons (Fsp3) is 0.429. The van der Waals surface area contributed by atoms with E-state index >= 15 is 0 Å². The van der Waals surface area contributed by atoms with Crippen LogP contribution in [0.15, 0.2) is 0 Å². The zero-order valence-electron chi connectivity index (χ0n) is 7.11. The van der Waals surface area contributed by atoms with Crippen LogP contribution in [0.2, 0.25) is 0 Å². The Morgan fingerprint density at radius 2 is 2.62 bits per heavy atom. The molecule has 1 atom stereocenters. The second-order valence-electron chi connectivity index (χ2n) is 2.55. The lowest BCUT2D eigenvalue weighted by Gasteiger charge is -2.05. The predicted molar refractivity (Wildman–Crippen MR) is 45.4 cm³/mol. The van der Waals surface area contributed by atoms with Crippen molar-refractivity contribution < 1.29 is 4.79 Å². The van der Waals surface area contributed by atoms with Crippen molar-refractivity contribution in [1.82, 2.24) is 20.6 Å². The van der Waals surface area contributed by atoms with Gasteiger partial charge in [-0.15, -0.1) is 12.3 Å². The highest BCUT2D eigenvalue weighted by Crippen LogP contribution is 2.03. The van der Waals surface area contributed by atoms with Gasteiger partial charge in [0.15, 0.2) is 0 Å². The summed E-state index contributed by atoms with van der Waals surface area (Å²) in [6.07, 6.45) is 5.46. The molecule has 6 nitrogen and oxygen atoms in total. The molecule has 1 rings (SSSR count). The molecule has 1 amide bonds. The fourth-order valence-corrected chi connectivity index (χ4v) is 0.721. The summed E-state index contributed by atoms with van der Waals surface area (Å²) in [5, 5.41) is 15.0. The van der Waals surface area contributed by atoms with E-state index in [0.717, 1.165) is 0 Å². The van der Waals surface area contributed by atoms with Gasteiger partial charge >= 0.3 is 0 Å². The van der Waals surface area contributed by atoms with Gasteiger partial charge in [0.05, 0.1) is 0 Å². The van der Waals surface area contributed by atoms with Gasteiger partial charge in [-0.05, 0) is 10.4 Å². The Balaban J connectivity index is 2.47. The molecule has 6 heteroatoms. The van der Waals surface area contributed by atoms with Crippen LogP contribution in [0.4, 0.5) is 5.95 Å². The zero-order valence-corrected chi connectivity index (χ0v) is 7.11. The summed E-state index contributed by atoms with van der Waals surface area (Å²) in [7, 11) is 0. The number of nitrogens with one attached hydrogen (secondary N) is 2. The van der Waals surface area contributed by atoms with E-state index in [2.05, 4.69) is 31.9 Å². The Hall–Kier alpha value is -1.90. The minimum absolute atomic E-state index is 0.198. The molecule has 0 aliphatic rings. The summed E-state index contributed by atoms with van der Waals surface area (Å²) >= 11 is 0. The van der Waals surface area contributed by atoms with E-state index < -0.39 is 0 Å². The van der Waals surface area contributed by atoms with Gasteiger partial charge in [0.1, 0.15) is 0 Å². The van der Waals surface area contributed by atoms with E-state index in [1.807, 2.05) is 0 Å². The van der Waals surface area contributed by atoms with Crippen LogP contribution >= 0.6 is 0 Å². The van der Waals surface area contributed by atoms with Gasteiger partial charge < -0.3 is 0 Å². The Labute approximate surface area is 75.1 Å². The number of hydrogen-bond donors (Lipinski definition) is 2. The molecule has 0 radical (unpaired) electrons. The van der Waals surface area contributed by atoms with Gasteiger partial charge in [0.25, 0.3) is 0 Å². The minimum atomic E-state index is -0.241. The number of tetrazole rings is 1. The Kier molecular flexibility index (Phi) is 2.97. The van der Waals surface area contributed by atoms with Crippen LogP contribution < -0.4 is 5.32 Å². The molecule has 0 bridgehead atoms. The summed E-state index contributed by atoms with van der Waals surface area (Å²) < 4.78 is 0. The van der Waals surface area contributed by atoms with Crippen LogP contribution in [0.25, 0.3) is 0 Å². The number of carbonyl (C=O) groups is 1. The number of hydrogen-bond acceptors (Lipinski definition) is 4. The number of aromatic nitrogens is 4. The largest absolute Gasteiger partial charge is 0.293 e. The van der Waals surface area contributed by atoms with E-state index in [4.69, 9.17) is 6.42 Å². The molecule has 13 heavy (non-hydrogen) atoms. The molecule has 0 aliphatic heterocycles. The normalized spacial score (nSPS) is 11.7. The molecule has 0 aromatic carbocycles. The standard InChI is InChI=1S/C7H9N5O/c1-3-4-5(2)6(13)8-7-9-11-12-10-7/h1,5H,4H2,2H3,(H2,8,9,10,11,12,13). The first-order valence-electron chi connectivity index (χ1n) is 3.72. The van der Waals surface area contributed by atoms with Gasteiger partial charge in [-0.25, -0.2) is 5.10 Å². The highest BCUT2D eigenvalue weighted by molar-refractivity contribution is 5.90. The van der Waals surface area contributed by atoms with Gasteiger partial charge in [0.2, 0.25) is 11.9 Å². The van der Waals surface area contributed by atoms with Crippen molar-refractivity contribution >= 4 is 11.9 Å². The van der Waals surface area contributed by atoms with Gasteiger partial charge in [-0.3, -0.25) is 10.1 Å². The quantitative estimate of drug-likeness (QED) is 0.629. The van der Waals surface area contributed by atoms with Crippen molar-refractivity contribution in [3.05, 3.63) is 0 Å². The summed E-state index contributed by atoms with van der Waals surface area (Å²) in [4.78, 5) is 11.3. The smallest absolute Gasteiger partial charge is 0.246 e. The fourth-order valence-electron chi connectivity index (χ4n) is 0.721. The van der Waals surface area contributed by atoms with Crippen LogP contribution in [0.1, 0.15) is 13.3 Å².